The summed E-state index contributed by atoms with van der Waals surface area (Å²) in [5, 5.41) is 1.28. The minimum Gasteiger partial charge on any atom is -0.241 e. The molecular weight excluding hydrogens is 376 g/mol. The van der Waals surface area contributed by atoms with Crippen LogP contribution in [0.5, 0.6) is 0 Å². The maximum absolute atomic E-state index is 12.4. The van der Waals surface area contributed by atoms with Crippen molar-refractivity contribution in [2.45, 2.75) is 25.3 Å². The monoisotopic (exact) mass is 392 g/mol. The lowest BCUT2D eigenvalue weighted by Crippen LogP contribution is -2.23. The van der Waals surface area contributed by atoms with Crippen molar-refractivity contribution in [2.75, 3.05) is 0 Å². The second kappa shape index (κ2) is 7.25. The number of aromatic nitrogens is 1. The van der Waals surface area contributed by atoms with Crippen molar-refractivity contribution < 1.29 is 8.42 Å². The summed E-state index contributed by atoms with van der Waals surface area (Å²) in [6.45, 7) is 4.12. The first-order valence-corrected chi connectivity index (χ1v) is 10.3. The first-order valence-electron chi connectivity index (χ1n) is 7.64. The molecule has 2 aromatic carbocycles. The topological polar surface area (TPSA) is 59.1 Å². The van der Waals surface area contributed by atoms with Crippen molar-refractivity contribution in [3.8, 4) is 10.6 Å². The van der Waals surface area contributed by atoms with E-state index < -0.39 is 10.0 Å². The summed E-state index contributed by atoms with van der Waals surface area (Å²) in [5.41, 5.74) is 3.04. The van der Waals surface area contributed by atoms with Gasteiger partial charge in [-0.05, 0) is 37.6 Å². The van der Waals surface area contributed by atoms with Crippen LogP contribution in [0.4, 0.5) is 0 Å². The molecule has 0 aliphatic carbocycles. The molecule has 0 saturated carbocycles. The lowest BCUT2D eigenvalue weighted by Gasteiger charge is -2.06. The Balaban J connectivity index is 1.81. The van der Waals surface area contributed by atoms with Gasteiger partial charge < -0.3 is 0 Å². The van der Waals surface area contributed by atoms with Gasteiger partial charge in [-0.2, -0.15) is 0 Å². The molecule has 0 aliphatic heterocycles. The number of nitrogens with zero attached hydrogens (tertiary/aromatic N) is 1. The third-order valence-electron chi connectivity index (χ3n) is 3.80. The van der Waals surface area contributed by atoms with E-state index in [4.69, 9.17) is 11.6 Å². The van der Waals surface area contributed by atoms with E-state index in [0.717, 1.165) is 26.7 Å². The molecule has 130 valence electrons. The van der Waals surface area contributed by atoms with Crippen molar-refractivity contribution in [1.29, 1.82) is 0 Å². The summed E-state index contributed by atoms with van der Waals surface area (Å²) in [6.07, 6.45) is 0. The van der Waals surface area contributed by atoms with Gasteiger partial charge in [0.25, 0.3) is 0 Å². The van der Waals surface area contributed by atoms with Crippen LogP contribution < -0.4 is 4.72 Å². The molecule has 0 amide bonds. The first kappa shape index (κ1) is 18.1. The van der Waals surface area contributed by atoms with Crippen LogP contribution in [-0.4, -0.2) is 13.4 Å². The maximum atomic E-state index is 12.4. The molecule has 0 bridgehead atoms. The van der Waals surface area contributed by atoms with E-state index in [1.165, 1.54) is 23.5 Å². The van der Waals surface area contributed by atoms with Crippen molar-refractivity contribution >= 4 is 33.0 Å². The van der Waals surface area contributed by atoms with Gasteiger partial charge in [-0.25, -0.2) is 18.1 Å². The Kier molecular flexibility index (Phi) is 5.24. The van der Waals surface area contributed by atoms with Crippen molar-refractivity contribution in [3.05, 3.63) is 69.7 Å². The van der Waals surface area contributed by atoms with E-state index in [9.17, 15) is 8.42 Å². The number of nitrogens with one attached hydrogen (secondary N) is 1. The van der Waals surface area contributed by atoms with Crippen LogP contribution in [0.1, 0.15) is 16.1 Å². The molecule has 1 N–H and O–H groups in total. The number of sulfonamides is 1. The van der Waals surface area contributed by atoms with Crippen LogP contribution in [0.3, 0.4) is 0 Å². The molecule has 0 aliphatic rings. The molecule has 0 saturated heterocycles. The van der Waals surface area contributed by atoms with Gasteiger partial charge in [0.15, 0.2) is 0 Å². The highest BCUT2D eigenvalue weighted by Gasteiger charge is 2.17. The fraction of sp³-hybridized carbons (Fsp3) is 0.167. The van der Waals surface area contributed by atoms with Crippen LogP contribution in [0.2, 0.25) is 5.02 Å². The van der Waals surface area contributed by atoms with E-state index >= 15 is 0 Å². The van der Waals surface area contributed by atoms with E-state index in [0.29, 0.717) is 5.02 Å². The first-order chi connectivity index (χ1) is 11.9. The van der Waals surface area contributed by atoms with E-state index in [1.807, 2.05) is 38.1 Å². The van der Waals surface area contributed by atoms with Crippen LogP contribution in [0, 0.1) is 13.8 Å². The van der Waals surface area contributed by atoms with E-state index in [2.05, 4.69) is 9.71 Å². The molecule has 0 spiro atoms. The Morgan fingerprint density at radius 1 is 1.12 bits per heavy atom. The molecule has 1 aromatic heterocycles. The molecule has 25 heavy (non-hydrogen) atoms. The second-order valence-corrected chi connectivity index (χ2v) is 8.91. The fourth-order valence-corrected chi connectivity index (χ4v) is 4.88. The van der Waals surface area contributed by atoms with Gasteiger partial charge in [0.05, 0.1) is 10.6 Å². The van der Waals surface area contributed by atoms with Crippen molar-refractivity contribution in [1.82, 2.24) is 9.71 Å². The maximum Gasteiger partial charge on any atom is 0.240 e. The summed E-state index contributed by atoms with van der Waals surface area (Å²) >= 11 is 7.38. The summed E-state index contributed by atoms with van der Waals surface area (Å²) in [5.74, 6) is 0. The van der Waals surface area contributed by atoms with Crippen LogP contribution in [-0.2, 0) is 16.6 Å². The predicted octanol–water partition coefficient (Wildman–Crippen LogP) is 4.56. The zero-order chi connectivity index (χ0) is 18.0. The van der Waals surface area contributed by atoms with Crippen molar-refractivity contribution in [3.63, 3.8) is 0 Å². The SMILES string of the molecule is Cc1ccccc1-c1nc(C)c(CNS(=O)(=O)c2cccc(Cl)c2)s1. The molecule has 0 atom stereocenters. The second-order valence-electron chi connectivity index (χ2n) is 5.62. The number of aryl methyl sites for hydroxylation is 2. The lowest BCUT2D eigenvalue weighted by molar-refractivity contribution is 0.581. The average Bonchev–Trinajstić information content (AvgIpc) is 2.94. The predicted molar refractivity (Wildman–Crippen MR) is 103 cm³/mol. The molecule has 0 radical (unpaired) electrons. The molecule has 0 fully saturated rings. The highest BCUT2D eigenvalue weighted by Crippen LogP contribution is 2.30. The van der Waals surface area contributed by atoms with Crippen molar-refractivity contribution in [2.24, 2.45) is 0 Å². The smallest absolute Gasteiger partial charge is 0.240 e. The van der Waals surface area contributed by atoms with Gasteiger partial charge in [0.1, 0.15) is 5.01 Å². The van der Waals surface area contributed by atoms with E-state index in [1.54, 1.807) is 12.1 Å². The number of rotatable bonds is 5. The minimum atomic E-state index is -3.62. The summed E-state index contributed by atoms with van der Waals surface area (Å²) in [6, 6.07) is 14.2. The third-order valence-corrected chi connectivity index (χ3v) is 6.62. The number of benzene rings is 2. The molecule has 3 aromatic rings. The summed E-state index contributed by atoms with van der Waals surface area (Å²) in [4.78, 5) is 5.64. The number of halogens is 1. The summed E-state index contributed by atoms with van der Waals surface area (Å²) in [7, 11) is -3.62. The molecule has 1 heterocycles. The van der Waals surface area contributed by atoms with Crippen LogP contribution in [0.25, 0.3) is 10.6 Å². The Bertz CT molecular complexity index is 1010. The highest BCUT2D eigenvalue weighted by atomic mass is 35.5. The Hall–Kier alpha value is -1.73. The van der Waals surface area contributed by atoms with E-state index in [-0.39, 0.29) is 11.4 Å². The number of hydrogen-bond donors (Lipinski definition) is 1. The van der Waals surface area contributed by atoms with Gasteiger partial charge in [-0.15, -0.1) is 11.3 Å². The van der Waals surface area contributed by atoms with Gasteiger partial charge in [-0.1, -0.05) is 41.9 Å². The van der Waals surface area contributed by atoms with Crippen LogP contribution in [0.15, 0.2) is 53.4 Å². The normalized spacial score (nSPS) is 11.6. The molecule has 0 unspecified atom stereocenters. The molecule has 3 rings (SSSR count). The molecular formula is C18H17ClN2O2S2. The summed E-state index contributed by atoms with van der Waals surface area (Å²) < 4.78 is 27.5. The number of thiazole rings is 1. The highest BCUT2D eigenvalue weighted by molar-refractivity contribution is 7.89. The zero-order valence-electron chi connectivity index (χ0n) is 13.8. The third kappa shape index (κ3) is 4.10. The zero-order valence-corrected chi connectivity index (χ0v) is 16.2. The number of hydrogen-bond acceptors (Lipinski definition) is 4. The van der Waals surface area contributed by atoms with Gasteiger partial charge in [0, 0.05) is 22.0 Å². The quantitative estimate of drug-likeness (QED) is 0.692. The minimum absolute atomic E-state index is 0.154. The average molecular weight is 393 g/mol. The van der Waals surface area contributed by atoms with Gasteiger partial charge in [-0.3, -0.25) is 0 Å². The molecule has 4 nitrogen and oxygen atoms in total. The fourth-order valence-electron chi connectivity index (χ4n) is 2.40. The Morgan fingerprint density at radius 3 is 2.60 bits per heavy atom. The largest absolute Gasteiger partial charge is 0.241 e. The Labute approximate surface area is 156 Å². The lowest BCUT2D eigenvalue weighted by atomic mass is 10.1. The van der Waals surface area contributed by atoms with Gasteiger partial charge >= 0.3 is 0 Å². The molecule has 7 heteroatoms. The van der Waals surface area contributed by atoms with Crippen LogP contribution >= 0.6 is 22.9 Å². The standard InChI is InChI=1S/C18H17ClN2O2S2/c1-12-6-3-4-9-16(12)18-21-13(2)17(24-18)11-20-25(22,23)15-8-5-7-14(19)10-15/h3-10,20H,11H2,1-2H3. The van der Waals surface area contributed by atoms with Gasteiger partial charge in [0.2, 0.25) is 10.0 Å². The Morgan fingerprint density at radius 2 is 1.88 bits per heavy atom.